The molecule has 0 unspecified atom stereocenters. The Hall–Kier alpha value is -2.38. The monoisotopic (exact) mass is 387 g/mol. The van der Waals surface area contributed by atoms with E-state index in [0.717, 1.165) is 31.2 Å². The normalized spacial score (nSPS) is 11.6. The number of nitrogens with zero attached hydrogens (tertiary/aromatic N) is 3. The molecule has 7 heteroatoms. The summed E-state index contributed by atoms with van der Waals surface area (Å²) in [6, 6.07) is 10.4. The molecule has 1 aromatic carbocycles. The maximum Gasteiger partial charge on any atom is 0.191 e. The van der Waals surface area contributed by atoms with E-state index in [1.165, 1.54) is 16.8 Å². The van der Waals surface area contributed by atoms with Gasteiger partial charge in [-0.3, -0.25) is 9.67 Å². The fourth-order valence-corrected chi connectivity index (χ4v) is 2.92. The lowest BCUT2D eigenvalue weighted by Gasteiger charge is -2.12. The van der Waals surface area contributed by atoms with Gasteiger partial charge in [0.1, 0.15) is 0 Å². The quantitative estimate of drug-likeness (QED) is 0.352. The van der Waals surface area contributed by atoms with Gasteiger partial charge in [-0.1, -0.05) is 30.3 Å². The van der Waals surface area contributed by atoms with Gasteiger partial charge in [0.15, 0.2) is 5.96 Å². The summed E-state index contributed by atoms with van der Waals surface area (Å²) in [5.41, 5.74) is 4.68. The van der Waals surface area contributed by atoms with Crippen LogP contribution in [0.3, 0.4) is 0 Å². The van der Waals surface area contributed by atoms with Crippen molar-refractivity contribution >= 4 is 5.96 Å². The Morgan fingerprint density at radius 2 is 1.89 bits per heavy atom. The number of methoxy groups -OCH3 is 1. The molecule has 0 saturated carbocycles. The topological polar surface area (TPSA) is 72.7 Å². The van der Waals surface area contributed by atoms with E-state index in [-0.39, 0.29) is 0 Å². The summed E-state index contributed by atoms with van der Waals surface area (Å²) in [7, 11) is 3.46. The molecule has 2 aromatic rings. The predicted molar refractivity (Wildman–Crippen MR) is 113 cm³/mol. The number of hydrogen-bond donors (Lipinski definition) is 2. The highest BCUT2D eigenvalue weighted by molar-refractivity contribution is 5.79. The third kappa shape index (κ3) is 6.98. The maximum absolute atomic E-state index is 5.47. The van der Waals surface area contributed by atoms with E-state index in [2.05, 4.69) is 58.4 Å². The van der Waals surface area contributed by atoms with E-state index in [1.807, 2.05) is 6.07 Å². The summed E-state index contributed by atoms with van der Waals surface area (Å²) in [5, 5.41) is 11.4. The maximum atomic E-state index is 5.47. The molecule has 0 atom stereocenters. The molecule has 7 nitrogen and oxygen atoms in total. The molecule has 0 radical (unpaired) electrons. The molecule has 0 bridgehead atoms. The SMILES string of the molecule is CN=C(NCCCOCCOC)NCc1c(C)nn(Cc2ccccc2)c1C. The van der Waals surface area contributed by atoms with Crippen LogP contribution in [-0.4, -0.2) is 56.3 Å². The lowest BCUT2D eigenvalue weighted by molar-refractivity contribution is 0.0698. The van der Waals surface area contributed by atoms with Crippen LogP contribution in [0.2, 0.25) is 0 Å². The van der Waals surface area contributed by atoms with E-state index in [1.54, 1.807) is 14.2 Å². The summed E-state index contributed by atoms with van der Waals surface area (Å²) in [6.07, 6.45) is 0.914. The Morgan fingerprint density at radius 3 is 2.61 bits per heavy atom. The predicted octanol–water partition coefficient (Wildman–Crippen LogP) is 2.27. The van der Waals surface area contributed by atoms with Crippen LogP contribution in [0.1, 0.15) is 28.9 Å². The van der Waals surface area contributed by atoms with Gasteiger partial charge < -0.3 is 20.1 Å². The molecule has 2 rings (SSSR count). The number of rotatable bonds is 11. The number of aromatic nitrogens is 2. The van der Waals surface area contributed by atoms with E-state index >= 15 is 0 Å². The zero-order valence-corrected chi connectivity index (χ0v) is 17.5. The number of ether oxygens (including phenoxy) is 2. The van der Waals surface area contributed by atoms with E-state index < -0.39 is 0 Å². The van der Waals surface area contributed by atoms with Crippen molar-refractivity contribution in [3.63, 3.8) is 0 Å². The number of benzene rings is 1. The Balaban J connectivity index is 1.80. The van der Waals surface area contributed by atoms with Crippen molar-refractivity contribution in [2.75, 3.05) is 40.5 Å². The summed E-state index contributed by atoms with van der Waals surface area (Å²) in [5.74, 6) is 0.784. The minimum absolute atomic E-state index is 0.632. The molecule has 0 amide bonds. The standard InChI is InChI=1S/C21H33N5O2/c1-17-20(18(2)26(25-17)16-19-9-6-5-7-10-19)15-24-21(22-3)23-11-8-12-28-14-13-27-4/h5-7,9-10H,8,11-16H2,1-4H3,(H2,22,23,24). The van der Waals surface area contributed by atoms with Crippen LogP contribution in [-0.2, 0) is 22.6 Å². The van der Waals surface area contributed by atoms with Gasteiger partial charge >= 0.3 is 0 Å². The van der Waals surface area contributed by atoms with Crippen molar-refractivity contribution < 1.29 is 9.47 Å². The third-order valence-electron chi connectivity index (χ3n) is 4.55. The number of guanidine groups is 1. The van der Waals surface area contributed by atoms with Crippen molar-refractivity contribution in [2.45, 2.75) is 33.4 Å². The Kier molecular flexibility index (Phi) is 9.51. The lowest BCUT2D eigenvalue weighted by atomic mass is 10.2. The zero-order chi connectivity index (χ0) is 20.2. The lowest BCUT2D eigenvalue weighted by Crippen LogP contribution is -2.37. The zero-order valence-electron chi connectivity index (χ0n) is 17.5. The van der Waals surface area contributed by atoms with Gasteiger partial charge in [-0.25, -0.2) is 0 Å². The molecular weight excluding hydrogens is 354 g/mol. The van der Waals surface area contributed by atoms with Crippen LogP contribution in [0.15, 0.2) is 35.3 Å². The molecule has 0 saturated heterocycles. The van der Waals surface area contributed by atoms with Crippen molar-refractivity contribution in [3.8, 4) is 0 Å². The fourth-order valence-electron chi connectivity index (χ4n) is 2.92. The number of nitrogens with one attached hydrogen (secondary N) is 2. The highest BCUT2D eigenvalue weighted by atomic mass is 16.5. The molecular formula is C21H33N5O2. The summed E-state index contributed by atoms with van der Waals surface area (Å²) in [4.78, 5) is 4.29. The molecule has 0 spiro atoms. The van der Waals surface area contributed by atoms with Crippen LogP contribution >= 0.6 is 0 Å². The van der Waals surface area contributed by atoms with Crippen LogP contribution in [0, 0.1) is 13.8 Å². The molecule has 0 aliphatic heterocycles. The first-order chi connectivity index (χ1) is 13.7. The van der Waals surface area contributed by atoms with Gasteiger partial charge in [-0.15, -0.1) is 0 Å². The Bertz CT molecular complexity index is 728. The van der Waals surface area contributed by atoms with Crippen molar-refractivity contribution in [1.82, 2.24) is 20.4 Å². The second kappa shape index (κ2) is 12.2. The summed E-state index contributed by atoms with van der Waals surface area (Å²) < 4.78 is 12.5. The Morgan fingerprint density at radius 1 is 1.11 bits per heavy atom. The molecule has 154 valence electrons. The number of aliphatic imine (C=N–C) groups is 1. The number of hydrogen-bond acceptors (Lipinski definition) is 4. The van der Waals surface area contributed by atoms with Gasteiger partial charge in [-0.05, 0) is 25.8 Å². The minimum Gasteiger partial charge on any atom is -0.382 e. The second-order valence-electron chi connectivity index (χ2n) is 6.60. The highest BCUT2D eigenvalue weighted by Crippen LogP contribution is 2.14. The van der Waals surface area contributed by atoms with Gasteiger partial charge in [-0.2, -0.15) is 5.10 Å². The first-order valence-electron chi connectivity index (χ1n) is 9.73. The Labute approximate surface area is 168 Å². The van der Waals surface area contributed by atoms with Crippen molar-refractivity contribution in [2.24, 2.45) is 4.99 Å². The van der Waals surface area contributed by atoms with Gasteiger partial charge in [0.2, 0.25) is 0 Å². The molecule has 0 aliphatic rings. The van der Waals surface area contributed by atoms with E-state index in [9.17, 15) is 0 Å². The summed E-state index contributed by atoms with van der Waals surface area (Å²) >= 11 is 0. The van der Waals surface area contributed by atoms with Crippen LogP contribution < -0.4 is 10.6 Å². The van der Waals surface area contributed by atoms with Crippen molar-refractivity contribution in [1.29, 1.82) is 0 Å². The van der Waals surface area contributed by atoms with Gasteiger partial charge in [0, 0.05) is 45.1 Å². The first-order valence-corrected chi connectivity index (χ1v) is 9.73. The first kappa shape index (κ1) is 21.9. The molecule has 0 fully saturated rings. The molecule has 0 aliphatic carbocycles. The second-order valence-corrected chi connectivity index (χ2v) is 6.60. The average molecular weight is 388 g/mol. The van der Waals surface area contributed by atoms with Gasteiger partial charge in [0.05, 0.1) is 25.5 Å². The van der Waals surface area contributed by atoms with E-state index in [0.29, 0.717) is 26.4 Å². The highest BCUT2D eigenvalue weighted by Gasteiger charge is 2.12. The van der Waals surface area contributed by atoms with Crippen LogP contribution in [0.25, 0.3) is 0 Å². The van der Waals surface area contributed by atoms with Gasteiger partial charge in [0.25, 0.3) is 0 Å². The van der Waals surface area contributed by atoms with Crippen molar-refractivity contribution in [3.05, 3.63) is 52.8 Å². The fraction of sp³-hybridized carbons (Fsp3) is 0.524. The molecule has 1 aromatic heterocycles. The van der Waals surface area contributed by atoms with E-state index in [4.69, 9.17) is 14.6 Å². The smallest absolute Gasteiger partial charge is 0.191 e. The van der Waals surface area contributed by atoms with Crippen LogP contribution in [0.4, 0.5) is 0 Å². The third-order valence-corrected chi connectivity index (χ3v) is 4.55. The number of aryl methyl sites for hydroxylation is 1. The molecule has 1 heterocycles. The largest absolute Gasteiger partial charge is 0.382 e. The molecule has 2 N–H and O–H groups in total. The van der Waals surface area contributed by atoms with Crippen LogP contribution in [0.5, 0.6) is 0 Å². The minimum atomic E-state index is 0.632. The molecule has 28 heavy (non-hydrogen) atoms. The average Bonchev–Trinajstić information content (AvgIpc) is 2.97. The summed E-state index contributed by atoms with van der Waals surface area (Å²) in [6.45, 7) is 8.42.